The Kier molecular flexibility index (Phi) is 3.93. The van der Waals surface area contributed by atoms with Crippen LogP contribution in [0, 0.1) is 6.92 Å². The van der Waals surface area contributed by atoms with Crippen molar-refractivity contribution in [3.63, 3.8) is 0 Å². The van der Waals surface area contributed by atoms with Crippen LogP contribution in [-0.4, -0.2) is 25.2 Å². The van der Waals surface area contributed by atoms with Gasteiger partial charge in [-0.25, -0.2) is 8.42 Å². The van der Waals surface area contributed by atoms with Gasteiger partial charge in [-0.05, 0) is 24.1 Å². The van der Waals surface area contributed by atoms with Gasteiger partial charge >= 0.3 is 5.97 Å². The quantitative estimate of drug-likeness (QED) is 0.896. The topological polar surface area (TPSA) is 71.4 Å². The molecule has 0 unspecified atom stereocenters. The smallest absolute Gasteiger partial charge is 0.318 e. The molecule has 0 radical (unpaired) electrons. The fourth-order valence-corrected chi connectivity index (χ4v) is 2.83. The number of rotatable bonds is 4. The molecule has 0 spiro atoms. The number of hydrogen-bond donors (Lipinski definition) is 1. The van der Waals surface area contributed by atoms with Crippen molar-refractivity contribution in [1.82, 2.24) is 0 Å². The van der Waals surface area contributed by atoms with Crippen molar-refractivity contribution < 1.29 is 18.3 Å². The summed E-state index contributed by atoms with van der Waals surface area (Å²) in [4.78, 5) is 10.3. The molecule has 1 rings (SSSR count). The van der Waals surface area contributed by atoms with Gasteiger partial charge in [0, 0.05) is 5.02 Å². The number of carbonyl (C=O) groups is 1. The van der Waals surface area contributed by atoms with E-state index in [1.807, 2.05) is 6.92 Å². The standard InChI is InChI=1S/C10H11ClO4S/c1-7-2-3-8(9(11)4-7)5-16(14,15)6-10(12)13/h2-4H,5-6H2,1H3,(H,12,13). The van der Waals surface area contributed by atoms with Crippen molar-refractivity contribution in [3.05, 3.63) is 34.3 Å². The second-order valence-corrected chi connectivity index (χ2v) is 5.99. The Morgan fingerprint density at radius 1 is 1.44 bits per heavy atom. The van der Waals surface area contributed by atoms with E-state index in [0.29, 0.717) is 10.6 Å². The lowest BCUT2D eigenvalue weighted by Crippen LogP contribution is -2.17. The van der Waals surface area contributed by atoms with Crippen LogP contribution in [0.1, 0.15) is 11.1 Å². The average Bonchev–Trinajstić information content (AvgIpc) is 2.07. The van der Waals surface area contributed by atoms with E-state index >= 15 is 0 Å². The highest BCUT2D eigenvalue weighted by Gasteiger charge is 2.18. The van der Waals surface area contributed by atoms with Crippen LogP contribution < -0.4 is 0 Å². The van der Waals surface area contributed by atoms with E-state index in [9.17, 15) is 13.2 Å². The van der Waals surface area contributed by atoms with Gasteiger partial charge < -0.3 is 5.11 Å². The molecule has 0 saturated carbocycles. The Morgan fingerprint density at radius 3 is 2.56 bits per heavy atom. The Hall–Kier alpha value is -1.07. The number of hydrogen-bond acceptors (Lipinski definition) is 3. The minimum atomic E-state index is -3.65. The lowest BCUT2D eigenvalue weighted by Gasteiger charge is -2.05. The molecule has 1 aromatic carbocycles. The van der Waals surface area contributed by atoms with Gasteiger partial charge in [0.05, 0.1) is 5.75 Å². The van der Waals surface area contributed by atoms with Crippen LogP contribution in [0.15, 0.2) is 18.2 Å². The van der Waals surface area contributed by atoms with Gasteiger partial charge in [-0.2, -0.15) is 0 Å². The largest absolute Gasteiger partial charge is 0.480 e. The highest BCUT2D eigenvalue weighted by Crippen LogP contribution is 2.20. The third-order valence-electron chi connectivity index (χ3n) is 1.93. The molecular weight excluding hydrogens is 252 g/mol. The molecule has 1 aromatic rings. The molecule has 0 bridgehead atoms. The predicted molar refractivity (Wildman–Crippen MR) is 61.3 cm³/mol. The zero-order valence-corrected chi connectivity index (χ0v) is 10.2. The third-order valence-corrected chi connectivity index (χ3v) is 3.72. The minimum absolute atomic E-state index is 0.342. The maximum absolute atomic E-state index is 11.4. The fraction of sp³-hybridized carbons (Fsp3) is 0.300. The summed E-state index contributed by atoms with van der Waals surface area (Å²) in [5.74, 6) is -2.58. The van der Waals surface area contributed by atoms with Gasteiger partial charge in [-0.15, -0.1) is 0 Å². The number of carboxylic acids is 1. The number of aryl methyl sites for hydroxylation is 1. The van der Waals surface area contributed by atoms with Gasteiger partial charge in [0.2, 0.25) is 0 Å². The summed E-state index contributed by atoms with van der Waals surface area (Å²) in [6.45, 7) is 1.83. The normalized spacial score (nSPS) is 11.4. The number of aliphatic carboxylic acids is 1. The molecule has 0 saturated heterocycles. The first-order chi connectivity index (χ1) is 7.30. The van der Waals surface area contributed by atoms with E-state index in [4.69, 9.17) is 16.7 Å². The highest BCUT2D eigenvalue weighted by molar-refractivity contribution is 7.91. The number of halogens is 1. The molecule has 0 aliphatic heterocycles. The summed E-state index contributed by atoms with van der Waals surface area (Å²) in [6.07, 6.45) is 0. The second-order valence-electron chi connectivity index (χ2n) is 3.52. The van der Waals surface area contributed by atoms with E-state index in [1.165, 1.54) is 0 Å². The molecule has 88 valence electrons. The predicted octanol–water partition coefficient (Wildman–Crippen LogP) is 1.65. The van der Waals surface area contributed by atoms with E-state index < -0.39 is 21.6 Å². The van der Waals surface area contributed by atoms with Gasteiger partial charge in [0.25, 0.3) is 0 Å². The van der Waals surface area contributed by atoms with Gasteiger partial charge in [-0.1, -0.05) is 23.7 Å². The third kappa shape index (κ3) is 3.83. The molecule has 0 fully saturated rings. The maximum atomic E-state index is 11.4. The summed E-state index contributed by atoms with van der Waals surface area (Å²) in [7, 11) is -3.65. The second kappa shape index (κ2) is 4.84. The first kappa shape index (κ1) is 13.0. The van der Waals surface area contributed by atoms with E-state index in [2.05, 4.69) is 0 Å². The highest BCUT2D eigenvalue weighted by atomic mass is 35.5. The Labute approximate surface area is 98.8 Å². The maximum Gasteiger partial charge on any atom is 0.318 e. The molecule has 0 aliphatic carbocycles. The van der Waals surface area contributed by atoms with Gasteiger partial charge in [0.1, 0.15) is 5.75 Å². The molecule has 1 N–H and O–H groups in total. The zero-order chi connectivity index (χ0) is 12.3. The molecule has 16 heavy (non-hydrogen) atoms. The van der Waals surface area contributed by atoms with Crippen molar-refractivity contribution in [2.75, 3.05) is 5.75 Å². The first-order valence-electron chi connectivity index (χ1n) is 4.47. The molecule has 0 aromatic heterocycles. The van der Waals surface area contributed by atoms with Crippen molar-refractivity contribution in [2.45, 2.75) is 12.7 Å². The summed E-state index contributed by atoms with van der Waals surface area (Å²) < 4.78 is 22.8. The van der Waals surface area contributed by atoms with Crippen molar-refractivity contribution >= 4 is 27.4 Å². The van der Waals surface area contributed by atoms with Crippen molar-refractivity contribution in [1.29, 1.82) is 0 Å². The van der Waals surface area contributed by atoms with Crippen LogP contribution in [0.3, 0.4) is 0 Å². The molecule has 0 heterocycles. The molecular formula is C10H11ClO4S. The van der Waals surface area contributed by atoms with Crippen LogP contribution in [-0.2, 0) is 20.4 Å². The Morgan fingerprint density at radius 2 is 2.06 bits per heavy atom. The van der Waals surface area contributed by atoms with E-state index in [1.54, 1.807) is 18.2 Å². The summed E-state index contributed by atoms with van der Waals surface area (Å²) in [5.41, 5.74) is 1.35. The van der Waals surface area contributed by atoms with Crippen LogP contribution in [0.4, 0.5) is 0 Å². The van der Waals surface area contributed by atoms with Gasteiger partial charge in [0.15, 0.2) is 9.84 Å². The van der Waals surface area contributed by atoms with Crippen LogP contribution in [0.2, 0.25) is 5.02 Å². The van der Waals surface area contributed by atoms with E-state index in [-0.39, 0.29) is 5.75 Å². The fourth-order valence-electron chi connectivity index (χ4n) is 1.25. The lowest BCUT2D eigenvalue weighted by atomic mass is 10.2. The molecule has 0 atom stereocenters. The Balaban J connectivity index is 2.92. The van der Waals surface area contributed by atoms with Crippen molar-refractivity contribution in [2.24, 2.45) is 0 Å². The van der Waals surface area contributed by atoms with Crippen LogP contribution in [0.25, 0.3) is 0 Å². The molecule has 0 aliphatic rings. The number of carboxylic acid groups (broad SMARTS) is 1. The molecule has 4 nitrogen and oxygen atoms in total. The first-order valence-corrected chi connectivity index (χ1v) is 6.67. The molecule has 6 heteroatoms. The Bertz CT molecular complexity index is 508. The number of sulfone groups is 1. The monoisotopic (exact) mass is 262 g/mol. The van der Waals surface area contributed by atoms with Gasteiger partial charge in [-0.3, -0.25) is 4.79 Å². The van der Waals surface area contributed by atoms with Crippen LogP contribution in [0.5, 0.6) is 0 Å². The van der Waals surface area contributed by atoms with E-state index in [0.717, 1.165) is 5.56 Å². The minimum Gasteiger partial charge on any atom is -0.480 e. The average molecular weight is 263 g/mol. The van der Waals surface area contributed by atoms with Crippen molar-refractivity contribution in [3.8, 4) is 0 Å². The lowest BCUT2D eigenvalue weighted by molar-refractivity contribution is -0.134. The number of benzene rings is 1. The summed E-state index contributed by atoms with van der Waals surface area (Å²) in [5, 5.41) is 8.77. The summed E-state index contributed by atoms with van der Waals surface area (Å²) >= 11 is 5.86. The van der Waals surface area contributed by atoms with Crippen LogP contribution >= 0.6 is 11.6 Å². The summed E-state index contributed by atoms with van der Waals surface area (Å²) in [6, 6.07) is 4.97. The molecule has 0 amide bonds. The SMILES string of the molecule is Cc1ccc(CS(=O)(=O)CC(=O)O)c(Cl)c1. The zero-order valence-electron chi connectivity index (χ0n) is 8.60.